The summed E-state index contributed by atoms with van der Waals surface area (Å²) in [5, 5.41) is 0.992. The van der Waals surface area contributed by atoms with Crippen molar-refractivity contribution in [3.63, 3.8) is 0 Å². The topological polar surface area (TPSA) is 42.4 Å². The summed E-state index contributed by atoms with van der Waals surface area (Å²) in [6.07, 6.45) is 1.63. The molecule has 0 N–H and O–H groups in total. The molecule has 1 heterocycles. The van der Waals surface area contributed by atoms with Crippen molar-refractivity contribution >= 4 is 40.7 Å². The largest absolute Gasteiger partial charge is 0.494 e. The molecule has 0 unspecified atom stereocenters. The first-order chi connectivity index (χ1) is 10.4. The summed E-state index contributed by atoms with van der Waals surface area (Å²) < 4.78 is 5.07. The molecule has 0 atom stereocenters. The summed E-state index contributed by atoms with van der Waals surface area (Å²) in [6, 6.07) is 6.56. The van der Waals surface area contributed by atoms with Gasteiger partial charge in [0.15, 0.2) is 5.75 Å². The van der Waals surface area contributed by atoms with Gasteiger partial charge in [0.05, 0.1) is 17.2 Å². The van der Waals surface area contributed by atoms with Crippen molar-refractivity contribution in [3.05, 3.63) is 56.8 Å². The van der Waals surface area contributed by atoms with Gasteiger partial charge in [0, 0.05) is 25.4 Å². The molecule has 0 saturated heterocycles. The number of carbonyl (C=O) groups is 1. The van der Waals surface area contributed by atoms with E-state index in [-0.39, 0.29) is 5.91 Å². The third kappa shape index (κ3) is 3.83. The standard InChI is InChI=1S/C15H13Cl3N2O2/c1-20(8-9-3-4-13(18)19-7-9)15(21)10-5-11(16)14(22-2)12(17)6-10/h3-7H,8H2,1-2H3. The Hall–Kier alpha value is -1.49. The van der Waals surface area contributed by atoms with E-state index < -0.39 is 0 Å². The minimum absolute atomic E-state index is 0.207. The van der Waals surface area contributed by atoms with E-state index in [2.05, 4.69) is 4.98 Å². The third-order valence-electron chi connectivity index (χ3n) is 3.00. The van der Waals surface area contributed by atoms with Crippen molar-refractivity contribution in [2.45, 2.75) is 6.54 Å². The first kappa shape index (κ1) is 16.9. The molecule has 1 aromatic carbocycles. The molecule has 2 aromatic rings. The molecule has 0 radical (unpaired) electrons. The van der Waals surface area contributed by atoms with Crippen molar-refractivity contribution in [2.24, 2.45) is 0 Å². The van der Waals surface area contributed by atoms with Gasteiger partial charge >= 0.3 is 0 Å². The summed E-state index contributed by atoms with van der Waals surface area (Å²) >= 11 is 17.8. The average molecular weight is 360 g/mol. The molecule has 0 bridgehead atoms. The molecule has 4 nitrogen and oxygen atoms in total. The van der Waals surface area contributed by atoms with Gasteiger partial charge in [0.25, 0.3) is 5.91 Å². The minimum atomic E-state index is -0.207. The maximum atomic E-state index is 12.4. The van der Waals surface area contributed by atoms with Crippen LogP contribution in [0.25, 0.3) is 0 Å². The highest BCUT2D eigenvalue weighted by Gasteiger charge is 2.17. The van der Waals surface area contributed by atoms with E-state index in [0.717, 1.165) is 5.56 Å². The molecule has 116 valence electrons. The Labute approximate surface area is 143 Å². The Morgan fingerprint density at radius 3 is 2.36 bits per heavy atom. The number of aromatic nitrogens is 1. The molecule has 0 aliphatic heterocycles. The van der Waals surface area contributed by atoms with Crippen LogP contribution >= 0.6 is 34.8 Å². The lowest BCUT2D eigenvalue weighted by Crippen LogP contribution is -2.26. The number of nitrogens with zero attached hydrogens (tertiary/aromatic N) is 2. The second-order valence-electron chi connectivity index (χ2n) is 4.62. The van der Waals surface area contributed by atoms with Crippen LogP contribution in [0.15, 0.2) is 30.5 Å². The Morgan fingerprint density at radius 1 is 1.23 bits per heavy atom. The Kier molecular flexibility index (Phi) is 5.51. The highest BCUT2D eigenvalue weighted by Crippen LogP contribution is 2.34. The van der Waals surface area contributed by atoms with Gasteiger partial charge in [-0.1, -0.05) is 40.9 Å². The summed E-state index contributed by atoms with van der Waals surface area (Å²) in [5.41, 5.74) is 1.26. The molecule has 1 aromatic heterocycles. The molecule has 2 rings (SSSR count). The van der Waals surface area contributed by atoms with Crippen molar-refractivity contribution < 1.29 is 9.53 Å². The lowest BCUT2D eigenvalue weighted by Gasteiger charge is -2.18. The molecule has 7 heteroatoms. The zero-order valence-corrected chi connectivity index (χ0v) is 14.2. The number of halogens is 3. The highest BCUT2D eigenvalue weighted by atomic mass is 35.5. The SMILES string of the molecule is COc1c(Cl)cc(C(=O)N(C)Cc2ccc(Cl)nc2)cc1Cl. The molecule has 0 aliphatic carbocycles. The maximum absolute atomic E-state index is 12.4. The normalized spacial score (nSPS) is 10.4. The van der Waals surface area contributed by atoms with Gasteiger partial charge in [0.1, 0.15) is 5.15 Å². The van der Waals surface area contributed by atoms with Crippen molar-refractivity contribution in [2.75, 3.05) is 14.2 Å². The fourth-order valence-electron chi connectivity index (χ4n) is 1.94. The maximum Gasteiger partial charge on any atom is 0.254 e. The van der Waals surface area contributed by atoms with E-state index >= 15 is 0 Å². The number of pyridine rings is 1. The number of methoxy groups -OCH3 is 1. The summed E-state index contributed by atoms with van der Waals surface area (Å²) in [6.45, 7) is 0.393. The highest BCUT2D eigenvalue weighted by molar-refractivity contribution is 6.37. The van der Waals surface area contributed by atoms with Gasteiger partial charge in [-0.15, -0.1) is 0 Å². The second-order valence-corrected chi connectivity index (χ2v) is 5.83. The predicted octanol–water partition coefficient (Wildman–Crippen LogP) is 4.32. The van der Waals surface area contributed by atoms with Crippen LogP contribution in [0.2, 0.25) is 15.2 Å². The van der Waals surface area contributed by atoms with E-state index in [4.69, 9.17) is 39.5 Å². The van der Waals surface area contributed by atoms with Crippen LogP contribution in [-0.2, 0) is 6.54 Å². The fourth-order valence-corrected chi connectivity index (χ4v) is 2.70. The number of hydrogen-bond donors (Lipinski definition) is 0. The van der Waals surface area contributed by atoms with Crippen LogP contribution in [0, 0.1) is 0 Å². The average Bonchev–Trinajstić information content (AvgIpc) is 2.48. The number of hydrogen-bond acceptors (Lipinski definition) is 3. The second kappa shape index (κ2) is 7.18. The number of benzene rings is 1. The van der Waals surface area contributed by atoms with Gasteiger partial charge in [-0.25, -0.2) is 4.98 Å². The van der Waals surface area contributed by atoms with Crippen LogP contribution in [-0.4, -0.2) is 29.9 Å². The summed E-state index contributed by atoms with van der Waals surface area (Å²) in [5.74, 6) is 0.144. The zero-order chi connectivity index (χ0) is 16.3. The van der Waals surface area contributed by atoms with Crippen LogP contribution in [0.5, 0.6) is 5.75 Å². The Bertz CT molecular complexity index is 667. The third-order valence-corrected chi connectivity index (χ3v) is 3.79. The number of ether oxygens (including phenoxy) is 1. The molecule has 22 heavy (non-hydrogen) atoms. The van der Waals surface area contributed by atoms with E-state index in [1.807, 2.05) is 6.07 Å². The van der Waals surface area contributed by atoms with Gasteiger partial charge < -0.3 is 9.64 Å². The van der Waals surface area contributed by atoms with E-state index in [1.54, 1.807) is 24.2 Å². The summed E-state index contributed by atoms with van der Waals surface area (Å²) in [4.78, 5) is 18.0. The number of rotatable bonds is 4. The van der Waals surface area contributed by atoms with Crippen molar-refractivity contribution in [1.29, 1.82) is 0 Å². The van der Waals surface area contributed by atoms with Crippen LogP contribution in [0.4, 0.5) is 0 Å². The molecule has 0 aliphatic rings. The molecule has 0 spiro atoms. The smallest absolute Gasteiger partial charge is 0.254 e. The lowest BCUT2D eigenvalue weighted by molar-refractivity contribution is 0.0785. The van der Waals surface area contributed by atoms with Crippen molar-refractivity contribution in [1.82, 2.24) is 9.88 Å². The first-order valence-electron chi connectivity index (χ1n) is 6.31. The molecular formula is C15H13Cl3N2O2. The van der Waals surface area contributed by atoms with E-state index in [9.17, 15) is 4.79 Å². The Balaban J connectivity index is 2.18. The zero-order valence-electron chi connectivity index (χ0n) is 11.9. The first-order valence-corrected chi connectivity index (χ1v) is 7.44. The summed E-state index contributed by atoms with van der Waals surface area (Å²) in [7, 11) is 3.15. The van der Waals surface area contributed by atoms with E-state index in [0.29, 0.717) is 33.1 Å². The quantitative estimate of drug-likeness (QED) is 0.763. The fraction of sp³-hybridized carbons (Fsp3) is 0.200. The molecule has 1 amide bonds. The minimum Gasteiger partial charge on any atom is -0.494 e. The molecular weight excluding hydrogens is 347 g/mol. The molecule has 0 saturated carbocycles. The number of amides is 1. The van der Waals surface area contributed by atoms with Crippen LogP contribution in [0.1, 0.15) is 15.9 Å². The predicted molar refractivity (Wildman–Crippen MR) is 88.1 cm³/mol. The van der Waals surface area contributed by atoms with Crippen LogP contribution < -0.4 is 4.74 Å². The Morgan fingerprint density at radius 2 is 1.86 bits per heavy atom. The van der Waals surface area contributed by atoms with Crippen molar-refractivity contribution in [3.8, 4) is 5.75 Å². The van der Waals surface area contributed by atoms with Crippen LogP contribution in [0.3, 0.4) is 0 Å². The van der Waals surface area contributed by atoms with Gasteiger partial charge in [-0.05, 0) is 23.8 Å². The van der Waals surface area contributed by atoms with Gasteiger partial charge in [-0.3, -0.25) is 4.79 Å². The van der Waals surface area contributed by atoms with Gasteiger partial charge in [0.2, 0.25) is 0 Å². The van der Waals surface area contributed by atoms with Gasteiger partial charge in [-0.2, -0.15) is 0 Å². The van der Waals surface area contributed by atoms with E-state index in [1.165, 1.54) is 19.2 Å². The number of carbonyl (C=O) groups excluding carboxylic acids is 1. The monoisotopic (exact) mass is 358 g/mol. The lowest BCUT2D eigenvalue weighted by atomic mass is 10.1. The molecule has 0 fully saturated rings.